The highest BCUT2D eigenvalue weighted by molar-refractivity contribution is 5.72. The van der Waals surface area contributed by atoms with E-state index in [4.69, 9.17) is 5.73 Å². The van der Waals surface area contributed by atoms with Gasteiger partial charge in [-0.3, -0.25) is 0 Å². The largest absolute Gasteiger partial charge is 0.384 e. The average molecular weight is 122 g/mol. The molecule has 0 radical (unpaired) electrons. The third-order valence-corrected chi connectivity index (χ3v) is 1.16. The van der Waals surface area contributed by atoms with E-state index in [2.05, 4.69) is 11.9 Å². The monoisotopic (exact) mass is 122 g/mol. The zero-order chi connectivity index (χ0) is 6.69. The number of hydrogen-bond acceptors (Lipinski definition) is 2. The van der Waals surface area contributed by atoms with Gasteiger partial charge in [-0.15, -0.1) is 0 Å². The minimum absolute atomic E-state index is 0.410. The van der Waals surface area contributed by atoms with Crippen LogP contribution in [0.5, 0.6) is 0 Å². The SMILES string of the molecule is CC1C=CC=NC(N)=C1. The predicted octanol–water partition coefficient (Wildman–Crippen LogP) is 1.06. The van der Waals surface area contributed by atoms with Gasteiger partial charge >= 0.3 is 0 Å². The zero-order valence-electron chi connectivity index (χ0n) is 5.41. The molecule has 2 nitrogen and oxygen atoms in total. The maximum atomic E-state index is 5.45. The highest BCUT2D eigenvalue weighted by Crippen LogP contribution is 2.03. The summed E-state index contributed by atoms with van der Waals surface area (Å²) >= 11 is 0. The van der Waals surface area contributed by atoms with Gasteiger partial charge in [0.25, 0.3) is 0 Å². The van der Waals surface area contributed by atoms with Crippen LogP contribution in [-0.4, -0.2) is 6.21 Å². The van der Waals surface area contributed by atoms with Crippen molar-refractivity contribution in [2.45, 2.75) is 6.92 Å². The normalized spacial score (nSPS) is 25.4. The summed E-state index contributed by atoms with van der Waals surface area (Å²) in [6.07, 6.45) is 7.57. The summed E-state index contributed by atoms with van der Waals surface area (Å²) in [7, 11) is 0. The second-order valence-electron chi connectivity index (χ2n) is 2.11. The van der Waals surface area contributed by atoms with Crippen molar-refractivity contribution in [2.24, 2.45) is 16.6 Å². The summed E-state index contributed by atoms with van der Waals surface area (Å²) in [5, 5.41) is 0. The summed E-state index contributed by atoms with van der Waals surface area (Å²) in [5.41, 5.74) is 5.45. The summed E-state index contributed by atoms with van der Waals surface area (Å²) in [4.78, 5) is 3.90. The van der Waals surface area contributed by atoms with E-state index in [1.165, 1.54) is 0 Å². The van der Waals surface area contributed by atoms with Crippen molar-refractivity contribution in [2.75, 3.05) is 0 Å². The molecule has 0 saturated carbocycles. The molecular weight excluding hydrogens is 112 g/mol. The van der Waals surface area contributed by atoms with Crippen molar-refractivity contribution in [3.63, 3.8) is 0 Å². The lowest BCUT2D eigenvalue weighted by Crippen LogP contribution is -1.94. The Morgan fingerprint density at radius 3 is 3.22 bits per heavy atom. The van der Waals surface area contributed by atoms with E-state index >= 15 is 0 Å². The number of hydrogen-bond donors (Lipinski definition) is 1. The molecule has 0 fully saturated rings. The van der Waals surface area contributed by atoms with Gasteiger partial charge in [-0.2, -0.15) is 0 Å². The van der Waals surface area contributed by atoms with Crippen LogP contribution in [0.1, 0.15) is 6.92 Å². The molecule has 0 aromatic carbocycles. The molecule has 9 heavy (non-hydrogen) atoms. The number of allylic oxidation sites excluding steroid dienone is 3. The van der Waals surface area contributed by atoms with E-state index in [1.54, 1.807) is 6.21 Å². The van der Waals surface area contributed by atoms with Crippen molar-refractivity contribution in [3.8, 4) is 0 Å². The molecule has 1 atom stereocenters. The molecule has 0 saturated heterocycles. The van der Waals surface area contributed by atoms with Crippen LogP contribution in [0.3, 0.4) is 0 Å². The van der Waals surface area contributed by atoms with Crippen LogP contribution < -0.4 is 5.73 Å². The van der Waals surface area contributed by atoms with Crippen molar-refractivity contribution in [3.05, 3.63) is 24.0 Å². The zero-order valence-corrected chi connectivity index (χ0v) is 5.41. The Kier molecular flexibility index (Phi) is 1.68. The number of aliphatic imine (C=N–C) groups is 1. The Bertz CT molecular complexity index is 177. The summed E-state index contributed by atoms with van der Waals surface area (Å²) in [5.74, 6) is 1.01. The highest BCUT2D eigenvalue weighted by Gasteiger charge is 1.93. The van der Waals surface area contributed by atoms with Gasteiger partial charge in [-0.25, -0.2) is 4.99 Å². The first kappa shape index (κ1) is 6.08. The van der Waals surface area contributed by atoms with Crippen LogP contribution in [0.25, 0.3) is 0 Å². The fraction of sp³-hybridized carbons (Fsp3) is 0.286. The lowest BCUT2D eigenvalue weighted by atomic mass is 10.1. The smallest absolute Gasteiger partial charge is 0.119 e. The Morgan fingerprint density at radius 2 is 2.44 bits per heavy atom. The second kappa shape index (κ2) is 2.49. The molecule has 2 N–H and O–H groups in total. The van der Waals surface area contributed by atoms with Crippen LogP contribution >= 0.6 is 0 Å². The van der Waals surface area contributed by atoms with Gasteiger partial charge in [0.1, 0.15) is 5.82 Å². The molecule has 0 bridgehead atoms. The summed E-state index contributed by atoms with van der Waals surface area (Å²) in [6, 6.07) is 0. The lowest BCUT2D eigenvalue weighted by molar-refractivity contribution is 0.923. The van der Waals surface area contributed by atoms with Gasteiger partial charge in [0, 0.05) is 6.21 Å². The van der Waals surface area contributed by atoms with Gasteiger partial charge in [-0.05, 0) is 18.1 Å². The van der Waals surface area contributed by atoms with Crippen LogP contribution in [-0.2, 0) is 0 Å². The van der Waals surface area contributed by atoms with E-state index < -0.39 is 0 Å². The topological polar surface area (TPSA) is 38.4 Å². The number of nitrogens with two attached hydrogens (primary N) is 1. The van der Waals surface area contributed by atoms with Crippen molar-refractivity contribution in [1.29, 1.82) is 0 Å². The first-order chi connectivity index (χ1) is 4.29. The van der Waals surface area contributed by atoms with Crippen LogP contribution in [0.2, 0.25) is 0 Å². The Morgan fingerprint density at radius 1 is 1.67 bits per heavy atom. The van der Waals surface area contributed by atoms with Crippen LogP contribution in [0.15, 0.2) is 29.0 Å². The molecular formula is C7H10N2. The quantitative estimate of drug-likeness (QED) is 0.512. The van der Waals surface area contributed by atoms with E-state index in [0.717, 1.165) is 0 Å². The third-order valence-electron chi connectivity index (χ3n) is 1.16. The molecule has 1 heterocycles. The van der Waals surface area contributed by atoms with E-state index in [0.29, 0.717) is 11.7 Å². The molecule has 1 aliphatic heterocycles. The summed E-state index contributed by atoms with van der Waals surface area (Å²) < 4.78 is 0. The van der Waals surface area contributed by atoms with Gasteiger partial charge in [0.2, 0.25) is 0 Å². The molecule has 0 aromatic heterocycles. The first-order valence-corrected chi connectivity index (χ1v) is 2.97. The van der Waals surface area contributed by atoms with E-state index in [9.17, 15) is 0 Å². The fourth-order valence-electron chi connectivity index (χ4n) is 0.722. The van der Waals surface area contributed by atoms with Gasteiger partial charge in [-0.1, -0.05) is 13.0 Å². The molecule has 2 heteroatoms. The van der Waals surface area contributed by atoms with Gasteiger partial charge < -0.3 is 5.73 Å². The maximum Gasteiger partial charge on any atom is 0.119 e. The molecule has 1 unspecified atom stereocenters. The minimum atomic E-state index is 0.410. The van der Waals surface area contributed by atoms with E-state index in [-0.39, 0.29) is 0 Å². The van der Waals surface area contributed by atoms with Crippen molar-refractivity contribution in [1.82, 2.24) is 0 Å². The summed E-state index contributed by atoms with van der Waals surface area (Å²) in [6.45, 7) is 2.07. The molecule has 1 aliphatic rings. The van der Waals surface area contributed by atoms with Gasteiger partial charge in [0.15, 0.2) is 0 Å². The standard InChI is InChI=1S/C7H10N2/c1-6-3-2-4-9-7(8)5-6/h2-6H,8H2,1H3. The maximum absolute atomic E-state index is 5.45. The number of nitrogens with zero attached hydrogens (tertiary/aromatic N) is 1. The Hall–Kier alpha value is -1.05. The van der Waals surface area contributed by atoms with Crippen molar-refractivity contribution >= 4 is 6.21 Å². The molecule has 0 aliphatic carbocycles. The number of rotatable bonds is 0. The molecule has 0 spiro atoms. The minimum Gasteiger partial charge on any atom is -0.384 e. The van der Waals surface area contributed by atoms with Crippen molar-refractivity contribution < 1.29 is 0 Å². The first-order valence-electron chi connectivity index (χ1n) is 2.97. The molecule has 1 rings (SSSR count). The van der Waals surface area contributed by atoms with Crippen LogP contribution in [0, 0.1) is 5.92 Å². The third kappa shape index (κ3) is 1.72. The lowest BCUT2D eigenvalue weighted by Gasteiger charge is -1.94. The Balaban J connectivity index is 2.77. The predicted molar refractivity (Wildman–Crippen MR) is 39.1 cm³/mol. The molecule has 0 amide bonds. The van der Waals surface area contributed by atoms with Gasteiger partial charge in [0.05, 0.1) is 0 Å². The highest BCUT2D eigenvalue weighted by atomic mass is 14.9. The fourth-order valence-corrected chi connectivity index (χ4v) is 0.722. The Labute approximate surface area is 54.8 Å². The second-order valence-corrected chi connectivity index (χ2v) is 2.11. The van der Waals surface area contributed by atoms with Crippen LogP contribution in [0.4, 0.5) is 0 Å². The van der Waals surface area contributed by atoms with E-state index in [1.807, 2.05) is 18.2 Å². The molecule has 0 aromatic rings. The molecule has 48 valence electrons. The average Bonchev–Trinajstić information content (AvgIpc) is 1.93.